The Morgan fingerprint density at radius 1 is 1.38 bits per heavy atom. The van der Waals surface area contributed by atoms with Crippen molar-refractivity contribution in [3.05, 3.63) is 0 Å². The van der Waals surface area contributed by atoms with Crippen molar-refractivity contribution in [1.82, 2.24) is 5.32 Å². The standard InChI is InChI=1S/C12H23NO2S/c1-3-15-12(14)8-9-13-10-4-6-11(16-2)7-5-10/h10-11,13H,3-9H2,1-2H3. The molecule has 0 spiro atoms. The van der Waals surface area contributed by atoms with E-state index in [0.717, 1.165) is 11.8 Å². The summed E-state index contributed by atoms with van der Waals surface area (Å²) >= 11 is 1.98. The highest BCUT2D eigenvalue weighted by atomic mass is 32.2. The van der Waals surface area contributed by atoms with Crippen LogP contribution in [0.4, 0.5) is 0 Å². The summed E-state index contributed by atoms with van der Waals surface area (Å²) in [4.78, 5) is 11.1. The third-order valence-electron chi connectivity index (χ3n) is 3.08. The molecule has 3 nitrogen and oxygen atoms in total. The van der Waals surface area contributed by atoms with Gasteiger partial charge in [-0.15, -0.1) is 0 Å². The molecule has 1 aliphatic carbocycles. The maximum Gasteiger partial charge on any atom is 0.307 e. The molecule has 1 fully saturated rings. The van der Waals surface area contributed by atoms with Gasteiger partial charge in [0.1, 0.15) is 0 Å². The number of ether oxygens (including phenoxy) is 1. The van der Waals surface area contributed by atoms with E-state index in [1.165, 1.54) is 25.7 Å². The van der Waals surface area contributed by atoms with Crippen molar-refractivity contribution < 1.29 is 9.53 Å². The maximum absolute atomic E-state index is 11.1. The van der Waals surface area contributed by atoms with Gasteiger partial charge in [-0.05, 0) is 38.9 Å². The Labute approximate surface area is 103 Å². The van der Waals surface area contributed by atoms with E-state index in [1.807, 2.05) is 18.7 Å². The quantitative estimate of drug-likeness (QED) is 0.728. The maximum atomic E-state index is 11.1. The molecular formula is C12H23NO2S. The van der Waals surface area contributed by atoms with E-state index in [-0.39, 0.29) is 5.97 Å². The predicted octanol–water partition coefficient (Wildman–Crippen LogP) is 2.20. The van der Waals surface area contributed by atoms with E-state index in [9.17, 15) is 4.79 Å². The van der Waals surface area contributed by atoms with Crippen LogP contribution in [0.25, 0.3) is 0 Å². The Morgan fingerprint density at radius 3 is 2.62 bits per heavy atom. The molecule has 94 valence electrons. The van der Waals surface area contributed by atoms with Gasteiger partial charge < -0.3 is 10.1 Å². The summed E-state index contributed by atoms with van der Waals surface area (Å²) in [5, 5.41) is 4.30. The van der Waals surface area contributed by atoms with Crippen LogP contribution in [0.15, 0.2) is 0 Å². The molecule has 0 aromatic rings. The van der Waals surface area contributed by atoms with Crippen LogP contribution in [0, 0.1) is 0 Å². The summed E-state index contributed by atoms with van der Waals surface area (Å²) in [5.74, 6) is -0.0900. The first-order valence-electron chi connectivity index (χ1n) is 6.18. The van der Waals surface area contributed by atoms with Crippen molar-refractivity contribution in [1.29, 1.82) is 0 Å². The van der Waals surface area contributed by atoms with E-state index in [0.29, 0.717) is 19.1 Å². The molecule has 0 aliphatic heterocycles. The van der Waals surface area contributed by atoms with Crippen LogP contribution in [0.3, 0.4) is 0 Å². The second-order valence-electron chi connectivity index (χ2n) is 4.22. The van der Waals surface area contributed by atoms with E-state index in [4.69, 9.17) is 4.74 Å². The molecule has 0 aromatic carbocycles. The zero-order valence-electron chi connectivity index (χ0n) is 10.3. The zero-order chi connectivity index (χ0) is 11.8. The number of carbonyl (C=O) groups excluding carboxylic acids is 1. The van der Waals surface area contributed by atoms with Crippen LogP contribution in [0.5, 0.6) is 0 Å². The number of carbonyl (C=O) groups is 1. The minimum Gasteiger partial charge on any atom is -0.466 e. The lowest BCUT2D eigenvalue weighted by atomic mass is 9.95. The smallest absolute Gasteiger partial charge is 0.307 e. The van der Waals surface area contributed by atoms with Gasteiger partial charge in [-0.2, -0.15) is 11.8 Å². The van der Waals surface area contributed by atoms with Crippen molar-refractivity contribution in [3.8, 4) is 0 Å². The molecule has 0 radical (unpaired) electrons. The largest absolute Gasteiger partial charge is 0.466 e. The molecule has 0 heterocycles. The third kappa shape index (κ3) is 5.21. The second kappa shape index (κ2) is 7.96. The van der Waals surface area contributed by atoms with E-state index < -0.39 is 0 Å². The van der Waals surface area contributed by atoms with Crippen molar-refractivity contribution in [3.63, 3.8) is 0 Å². The summed E-state index contributed by atoms with van der Waals surface area (Å²) in [7, 11) is 0. The van der Waals surface area contributed by atoms with Crippen molar-refractivity contribution in [2.75, 3.05) is 19.4 Å². The van der Waals surface area contributed by atoms with Crippen molar-refractivity contribution in [2.24, 2.45) is 0 Å². The van der Waals surface area contributed by atoms with Gasteiger partial charge in [0.25, 0.3) is 0 Å². The summed E-state index contributed by atoms with van der Waals surface area (Å²) in [6.45, 7) is 3.08. The van der Waals surface area contributed by atoms with Gasteiger partial charge in [-0.25, -0.2) is 0 Å². The van der Waals surface area contributed by atoms with Crippen LogP contribution in [0.1, 0.15) is 39.0 Å². The van der Waals surface area contributed by atoms with Gasteiger partial charge in [-0.3, -0.25) is 4.79 Å². The summed E-state index contributed by atoms with van der Waals surface area (Å²) < 4.78 is 4.88. The van der Waals surface area contributed by atoms with E-state index in [1.54, 1.807) is 0 Å². The number of nitrogens with one attached hydrogen (secondary N) is 1. The molecule has 1 saturated carbocycles. The van der Waals surface area contributed by atoms with Gasteiger partial charge in [0.05, 0.1) is 13.0 Å². The van der Waals surface area contributed by atoms with Gasteiger partial charge in [0, 0.05) is 17.8 Å². The van der Waals surface area contributed by atoms with E-state index in [2.05, 4.69) is 11.6 Å². The van der Waals surface area contributed by atoms with Crippen LogP contribution in [0.2, 0.25) is 0 Å². The summed E-state index contributed by atoms with van der Waals surface area (Å²) in [6, 6.07) is 0.609. The molecule has 1 N–H and O–H groups in total. The highest BCUT2D eigenvalue weighted by Crippen LogP contribution is 2.26. The van der Waals surface area contributed by atoms with Gasteiger partial charge in [-0.1, -0.05) is 0 Å². The Hall–Kier alpha value is -0.220. The van der Waals surface area contributed by atoms with Gasteiger partial charge >= 0.3 is 5.97 Å². The number of hydrogen-bond acceptors (Lipinski definition) is 4. The monoisotopic (exact) mass is 245 g/mol. The van der Waals surface area contributed by atoms with Gasteiger partial charge in [0.15, 0.2) is 0 Å². The molecule has 0 amide bonds. The molecule has 0 bridgehead atoms. The first-order valence-corrected chi connectivity index (χ1v) is 7.46. The highest BCUT2D eigenvalue weighted by molar-refractivity contribution is 7.99. The lowest BCUT2D eigenvalue weighted by molar-refractivity contribution is -0.143. The van der Waals surface area contributed by atoms with Gasteiger partial charge in [0.2, 0.25) is 0 Å². The predicted molar refractivity (Wildman–Crippen MR) is 68.8 cm³/mol. The fourth-order valence-electron chi connectivity index (χ4n) is 2.11. The van der Waals surface area contributed by atoms with Crippen LogP contribution < -0.4 is 5.32 Å². The molecule has 0 unspecified atom stereocenters. The first kappa shape index (κ1) is 13.8. The van der Waals surface area contributed by atoms with Crippen LogP contribution in [-0.4, -0.2) is 36.7 Å². The minimum atomic E-state index is -0.0900. The topological polar surface area (TPSA) is 38.3 Å². The zero-order valence-corrected chi connectivity index (χ0v) is 11.1. The summed E-state index contributed by atoms with van der Waals surface area (Å²) in [5.41, 5.74) is 0. The summed E-state index contributed by atoms with van der Waals surface area (Å²) in [6.07, 6.45) is 7.79. The SMILES string of the molecule is CCOC(=O)CCNC1CCC(SC)CC1. The van der Waals surface area contributed by atoms with Crippen molar-refractivity contribution in [2.45, 2.75) is 50.3 Å². The first-order chi connectivity index (χ1) is 7.76. The fourth-order valence-corrected chi connectivity index (χ4v) is 2.86. The second-order valence-corrected chi connectivity index (χ2v) is 5.36. The number of thioether (sulfide) groups is 1. The molecule has 0 aromatic heterocycles. The van der Waals surface area contributed by atoms with Crippen LogP contribution >= 0.6 is 11.8 Å². The fraction of sp³-hybridized carbons (Fsp3) is 0.917. The average Bonchev–Trinajstić information content (AvgIpc) is 2.30. The Kier molecular flexibility index (Phi) is 6.88. The van der Waals surface area contributed by atoms with Crippen LogP contribution in [-0.2, 0) is 9.53 Å². The number of hydrogen-bond donors (Lipinski definition) is 1. The van der Waals surface area contributed by atoms with E-state index >= 15 is 0 Å². The third-order valence-corrected chi connectivity index (χ3v) is 4.21. The molecule has 4 heteroatoms. The molecule has 0 atom stereocenters. The normalized spacial score (nSPS) is 25.4. The number of esters is 1. The molecular weight excluding hydrogens is 222 g/mol. The Morgan fingerprint density at radius 2 is 2.06 bits per heavy atom. The Balaban J connectivity index is 2.04. The molecule has 16 heavy (non-hydrogen) atoms. The molecule has 1 rings (SSSR count). The highest BCUT2D eigenvalue weighted by Gasteiger charge is 2.19. The molecule has 0 saturated heterocycles. The average molecular weight is 245 g/mol. The molecule has 1 aliphatic rings. The lowest BCUT2D eigenvalue weighted by Gasteiger charge is -2.28. The Bertz CT molecular complexity index is 203. The lowest BCUT2D eigenvalue weighted by Crippen LogP contribution is -2.35. The van der Waals surface area contributed by atoms with Crippen molar-refractivity contribution >= 4 is 17.7 Å². The minimum absolute atomic E-state index is 0.0900. The number of rotatable bonds is 6.